The molecule has 2 rings (SSSR count). The van der Waals surface area contributed by atoms with E-state index in [0.717, 1.165) is 38.1 Å². The van der Waals surface area contributed by atoms with Crippen LogP contribution in [0.15, 0.2) is 23.1 Å². The molecule has 1 heterocycles. The summed E-state index contributed by atoms with van der Waals surface area (Å²) in [5.74, 6) is -0.194. The van der Waals surface area contributed by atoms with Crippen LogP contribution in [0.5, 0.6) is 0 Å². The van der Waals surface area contributed by atoms with E-state index in [-0.39, 0.29) is 9.92 Å². The molecule has 118 valence electrons. The SMILES string of the molecule is CCN(CC1CCNCC1)S(=O)(=O)c1ccc(F)cc1Cl. The Balaban J connectivity index is 2.22. The molecule has 7 heteroatoms. The summed E-state index contributed by atoms with van der Waals surface area (Å²) in [5.41, 5.74) is 0. The van der Waals surface area contributed by atoms with Gasteiger partial charge in [0.15, 0.2) is 0 Å². The number of sulfonamides is 1. The lowest BCUT2D eigenvalue weighted by atomic mass is 9.98. The molecule has 1 N–H and O–H groups in total. The zero-order valence-corrected chi connectivity index (χ0v) is 13.6. The Hall–Kier alpha value is -0.690. The highest BCUT2D eigenvalue weighted by Gasteiger charge is 2.28. The van der Waals surface area contributed by atoms with Crippen LogP contribution in [0.4, 0.5) is 4.39 Å². The molecule has 0 unspecified atom stereocenters. The predicted molar refractivity (Wildman–Crippen MR) is 81.4 cm³/mol. The highest BCUT2D eigenvalue weighted by molar-refractivity contribution is 7.89. The summed E-state index contributed by atoms with van der Waals surface area (Å²) in [7, 11) is -3.68. The summed E-state index contributed by atoms with van der Waals surface area (Å²) in [6, 6.07) is 3.39. The minimum Gasteiger partial charge on any atom is -0.317 e. The lowest BCUT2D eigenvalue weighted by Gasteiger charge is -2.29. The van der Waals surface area contributed by atoms with Crippen LogP contribution < -0.4 is 5.32 Å². The Bertz CT molecular complexity index is 589. The third-order valence-corrected chi connectivity index (χ3v) is 6.21. The number of rotatable bonds is 5. The number of piperidine rings is 1. The largest absolute Gasteiger partial charge is 0.317 e. The van der Waals surface area contributed by atoms with E-state index in [1.54, 1.807) is 6.92 Å². The topological polar surface area (TPSA) is 49.4 Å². The molecule has 1 saturated heterocycles. The fraction of sp³-hybridized carbons (Fsp3) is 0.571. The van der Waals surface area contributed by atoms with Gasteiger partial charge in [-0.25, -0.2) is 12.8 Å². The van der Waals surface area contributed by atoms with Gasteiger partial charge in [0.1, 0.15) is 10.7 Å². The number of hydrogen-bond acceptors (Lipinski definition) is 3. The first-order valence-corrected chi connectivity index (χ1v) is 8.93. The van der Waals surface area contributed by atoms with Gasteiger partial charge >= 0.3 is 0 Å². The van der Waals surface area contributed by atoms with E-state index in [9.17, 15) is 12.8 Å². The van der Waals surface area contributed by atoms with Crippen molar-refractivity contribution in [2.75, 3.05) is 26.2 Å². The quantitative estimate of drug-likeness (QED) is 0.900. The molecule has 1 aromatic carbocycles. The fourth-order valence-corrected chi connectivity index (χ4v) is 4.60. The van der Waals surface area contributed by atoms with Crippen LogP contribution in [-0.2, 0) is 10.0 Å². The van der Waals surface area contributed by atoms with Gasteiger partial charge in [-0.05, 0) is 50.0 Å². The third kappa shape index (κ3) is 3.94. The number of nitrogens with zero attached hydrogens (tertiary/aromatic N) is 1. The van der Waals surface area contributed by atoms with Crippen molar-refractivity contribution in [3.8, 4) is 0 Å². The molecule has 0 aliphatic carbocycles. The van der Waals surface area contributed by atoms with Crippen LogP contribution in [-0.4, -0.2) is 38.9 Å². The fourth-order valence-electron chi connectivity index (χ4n) is 2.57. The van der Waals surface area contributed by atoms with Crippen LogP contribution in [0.25, 0.3) is 0 Å². The molecule has 0 spiro atoms. The molecule has 0 atom stereocenters. The van der Waals surface area contributed by atoms with E-state index < -0.39 is 15.8 Å². The summed E-state index contributed by atoms with van der Waals surface area (Å²) in [6.45, 7) is 4.49. The summed E-state index contributed by atoms with van der Waals surface area (Å²) in [5, 5.41) is 3.19. The van der Waals surface area contributed by atoms with Crippen LogP contribution in [0, 0.1) is 11.7 Å². The van der Waals surface area contributed by atoms with Crippen molar-refractivity contribution in [2.24, 2.45) is 5.92 Å². The van der Waals surface area contributed by atoms with E-state index in [0.29, 0.717) is 19.0 Å². The second-order valence-corrected chi connectivity index (χ2v) is 7.54. The molecule has 0 amide bonds. The maximum absolute atomic E-state index is 13.1. The first kappa shape index (κ1) is 16.7. The molecule has 1 fully saturated rings. The molecule has 0 aromatic heterocycles. The van der Waals surface area contributed by atoms with Crippen molar-refractivity contribution in [1.82, 2.24) is 9.62 Å². The van der Waals surface area contributed by atoms with E-state index in [2.05, 4.69) is 5.32 Å². The second kappa shape index (κ2) is 7.05. The highest BCUT2D eigenvalue weighted by atomic mass is 35.5. The number of nitrogens with one attached hydrogen (secondary N) is 1. The molecule has 1 aliphatic heterocycles. The van der Waals surface area contributed by atoms with Gasteiger partial charge in [0.25, 0.3) is 0 Å². The summed E-state index contributed by atoms with van der Waals surface area (Å²) in [6.07, 6.45) is 1.92. The molecule has 0 bridgehead atoms. The Morgan fingerprint density at radius 1 is 1.38 bits per heavy atom. The van der Waals surface area contributed by atoms with E-state index in [4.69, 9.17) is 11.6 Å². The van der Waals surface area contributed by atoms with Crippen molar-refractivity contribution in [2.45, 2.75) is 24.7 Å². The number of benzene rings is 1. The molecular formula is C14H20ClFN2O2S. The van der Waals surface area contributed by atoms with Crippen molar-refractivity contribution in [1.29, 1.82) is 0 Å². The van der Waals surface area contributed by atoms with Gasteiger partial charge < -0.3 is 5.32 Å². The average Bonchev–Trinajstić information content (AvgIpc) is 2.45. The van der Waals surface area contributed by atoms with E-state index >= 15 is 0 Å². The predicted octanol–water partition coefficient (Wildman–Crippen LogP) is 2.49. The highest BCUT2D eigenvalue weighted by Crippen LogP contribution is 2.27. The van der Waals surface area contributed by atoms with Gasteiger partial charge in [-0.3, -0.25) is 0 Å². The average molecular weight is 335 g/mol. The molecular weight excluding hydrogens is 315 g/mol. The molecule has 0 saturated carbocycles. The van der Waals surface area contributed by atoms with Crippen molar-refractivity contribution >= 4 is 21.6 Å². The van der Waals surface area contributed by atoms with Crippen LogP contribution in [0.2, 0.25) is 5.02 Å². The minimum atomic E-state index is -3.68. The number of halogens is 2. The lowest BCUT2D eigenvalue weighted by molar-refractivity contribution is 0.294. The van der Waals surface area contributed by atoms with Gasteiger partial charge in [0, 0.05) is 13.1 Å². The van der Waals surface area contributed by atoms with Crippen molar-refractivity contribution in [3.63, 3.8) is 0 Å². The smallest absolute Gasteiger partial charge is 0.244 e. The van der Waals surface area contributed by atoms with Crippen LogP contribution in [0.1, 0.15) is 19.8 Å². The summed E-state index contributed by atoms with van der Waals surface area (Å²) >= 11 is 5.90. The lowest BCUT2D eigenvalue weighted by Crippen LogP contribution is -2.39. The first-order chi connectivity index (χ1) is 9.95. The van der Waals surface area contributed by atoms with Gasteiger partial charge in [-0.2, -0.15) is 4.31 Å². The first-order valence-electron chi connectivity index (χ1n) is 7.11. The Morgan fingerprint density at radius 2 is 2.05 bits per heavy atom. The standard InChI is InChI=1S/C14H20ClFN2O2S/c1-2-18(10-11-5-7-17-8-6-11)21(19,20)14-4-3-12(16)9-13(14)15/h3-4,9,11,17H,2,5-8,10H2,1H3. The zero-order chi connectivity index (χ0) is 15.5. The molecule has 4 nitrogen and oxygen atoms in total. The third-order valence-electron chi connectivity index (χ3n) is 3.79. The van der Waals surface area contributed by atoms with E-state index in [1.165, 1.54) is 10.4 Å². The second-order valence-electron chi connectivity index (χ2n) is 5.22. The Labute approximate surface area is 130 Å². The zero-order valence-electron chi connectivity index (χ0n) is 12.0. The molecule has 1 aromatic rings. The monoisotopic (exact) mass is 334 g/mol. The van der Waals surface area contributed by atoms with Crippen LogP contribution in [0.3, 0.4) is 0 Å². The van der Waals surface area contributed by atoms with Gasteiger partial charge in [-0.1, -0.05) is 18.5 Å². The summed E-state index contributed by atoms with van der Waals surface area (Å²) < 4.78 is 39.9. The normalized spacial score (nSPS) is 17.3. The molecule has 21 heavy (non-hydrogen) atoms. The maximum Gasteiger partial charge on any atom is 0.244 e. The summed E-state index contributed by atoms with van der Waals surface area (Å²) in [4.78, 5) is -0.0265. The Morgan fingerprint density at radius 3 is 2.62 bits per heavy atom. The van der Waals surface area contributed by atoms with Crippen molar-refractivity contribution in [3.05, 3.63) is 29.0 Å². The Kier molecular flexibility index (Phi) is 5.60. The van der Waals surface area contributed by atoms with E-state index in [1.807, 2.05) is 0 Å². The van der Waals surface area contributed by atoms with Crippen molar-refractivity contribution < 1.29 is 12.8 Å². The van der Waals surface area contributed by atoms with Gasteiger partial charge in [0.05, 0.1) is 5.02 Å². The van der Waals surface area contributed by atoms with Gasteiger partial charge in [-0.15, -0.1) is 0 Å². The molecule has 0 radical (unpaired) electrons. The van der Waals surface area contributed by atoms with Crippen LogP contribution >= 0.6 is 11.6 Å². The maximum atomic E-state index is 13.1. The minimum absolute atomic E-state index is 0.0265. The number of hydrogen-bond donors (Lipinski definition) is 1. The van der Waals surface area contributed by atoms with Gasteiger partial charge in [0.2, 0.25) is 10.0 Å². The molecule has 1 aliphatic rings.